The summed E-state index contributed by atoms with van der Waals surface area (Å²) in [5, 5.41) is 0.934. The predicted octanol–water partition coefficient (Wildman–Crippen LogP) is 2.83. The van der Waals surface area contributed by atoms with Crippen molar-refractivity contribution in [3.8, 4) is 0 Å². The minimum atomic E-state index is 0.230. The van der Waals surface area contributed by atoms with Gasteiger partial charge in [-0.3, -0.25) is 9.78 Å². The van der Waals surface area contributed by atoms with Crippen LogP contribution in [-0.2, 0) is 10.5 Å². The van der Waals surface area contributed by atoms with E-state index >= 15 is 0 Å². The minimum absolute atomic E-state index is 0.230. The zero-order chi connectivity index (χ0) is 16.8. The lowest BCUT2D eigenvalue weighted by Gasteiger charge is -2.35. The number of amides is 1. The second kappa shape index (κ2) is 8.15. The molecule has 24 heavy (non-hydrogen) atoms. The summed E-state index contributed by atoms with van der Waals surface area (Å²) < 4.78 is 0. The van der Waals surface area contributed by atoms with Gasteiger partial charge in [0.1, 0.15) is 10.8 Å². The summed E-state index contributed by atoms with van der Waals surface area (Å²) in [5.74, 6) is 2.02. The highest BCUT2D eigenvalue weighted by Crippen LogP contribution is 2.22. The van der Waals surface area contributed by atoms with Crippen molar-refractivity contribution in [3.63, 3.8) is 0 Å². The largest absolute Gasteiger partial charge is 0.352 e. The molecule has 0 atom stereocenters. The van der Waals surface area contributed by atoms with Crippen molar-refractivity contribution in [1.82, 2.24) is 14.9 Å². The van der Waals surface area contributed by atoms with Crippen molar-refractivity contribution in [2.75, 3.05) is 31.1 Å². The fraction of sp³-hybridized carbons (Fsp3) is 0.389. The Morgan fingerprint density at radius 3 is 2.58 bits per heavy atom. The van der Waals surface area contributed by atoms with Crippen LogP contribution < -0.4 is 4.90 Å². The van der Waals surface area contributed by atoms with Gasteiger partial charge in [-0.15, -0.1) is 11.8 Å². The Balaban J connectivity index is 1.58. The second-order valence-corrected chi connectivity index (χ2v) is 6.71. The van der Waals surface area contributed by atoms with Gasteiger partial charge in [-0.1, -0.05) is 37.3 Å². The van der Waals surface area contributed by atoms with Gasteiger partial charge in [-0.25, -0.2) is 4.98 Å². The summed E-state index contributed by atoms with van der Waals surface area (Å²) in [6, 6.07) is 10.4. The SMILES string of the molecule is CCC(=O)N1CCN(c2cncc(SCc3ccccc3)n2)CC1. The highest BCUT2D eigenvalue weighted by atomic mass is 32.2. The summed E-state index contributed by atoms with van der Waals surface area (Å²) in [7, 11) is 0. The van der Waals surface area contributed by atoms with Crippen LogP contribution in [0.25, 0.3) is 0 Å². The molecule has 0 spiro atoms. The Bertz CT molecular complexity index is 672. The third-order valence-corrected chi connectivity index (χ3v) is 5.06. The fourth-order valence-electron chi connectivity index (χ4n) is 2.70. The molecule has 1 amide bonds. The lowest BCUT2D eigenvalue weighted by molar-refractivity contribution is -0.131. The molecular weight excluding hydrogens is 320 g/mol. The second-order valence-electron chi connectivity index (χ2n) is 5.71. The van der Waals surface area contributed by atoms with Crippen LogP contribution in [-0.4, -0.2) is 47.0 Å². The number of carbonyl (C=O) groups excluding carboxylic acids is 1. The van der Waals surface area contributed by atoms with E-state index in [4.69, 9.17) is 4.98 Å². The van der Waals surface area contributed by atoms with Crippen LogP contribution in [0.2, 0.25) is 0 Å². The Morgan fingerprint density at radius 2 is 1.88 bits per heavy atom. The van der Waals surface area contributed by atoms with Crippen LogP contribution in [0.4, 0.5) is 5.82 Å². The number of carbonyl (C=O) groups is 1. The van der Waals surface area contributed by atoms with Crippen LogP contribution in [0, 0.1) is 0 Å². The average Bonchev–Trinajstić information content (AvgIpc) is 2.67. The van der Waals surface area contributed by atoms with Crippen molar-refractivity contribution in [2.24, 2.45) is 0 Å². The van der Waals surface area contributed by atoms with Crippen molar-refractivity contribution >= 4 is 23.5 Å². The molecule has 0 unspecified atom stereocenters. The lowest BCUT2D eigenvalue weighted by atomic mass is 10.2. The molecule has 126 valence electrons. The summed E-state index contributed by atoms with van der Waals surface area (Å²) in [5.41, 5.74) is 1.28. The summed E-state index contributed by atoms with van der Waals surface area (Å²) in [4.78, 5) is 25.0. The van der Waals surface area contributed by atoms with E-state index in [0.717, 1.165) is 42.8 Å². The molecule has 1 saturated heterocycles. The van der Waals surface area contributed by atoms with Crippen LogP contribution in [0.5, 0.6) is 0 Å². The molecule has 5 nitrogen and oxygen atoms in total. The standard InChI is InChI=1S/C18H22N4OS/c1-2-18(23)22-10-8-21(9-11-22)16-12-19-13-17(20-16)24-14-15-6-4-3-5-7-15/h3-7,12-13H,2,8-11,14H2,1H3. The summed E-state index contributed by atoms with van der Waals surface area (Å²) >= 11 is 1.70. The maximum absolute atomic E-state index is 11.8. The predicted molar refractivity (Wildman–Crippen MR) is 97.1 cm³/mol. The Labute approximate surface area is 147 Å². The molecule has 2 aromatic rings. The van der Waals surface area contributed by atoms with E-state index in [1.165, 1.54) is 5.56 Å². The van der Waals surface area contributed by atoms with Crippen LogP contribution in [0.3, 0.4) is 0 Å². The molecule has 0 bridgehead atoms. The normalized spacial score (nSPS) is 14.7. The maximum atomic E-state index is 11.8. The van der Waals surface area contributed by atoms with Crippen molar-refractivity contribution in [2.45, 2.75) is 24.1 Å². The molecule has 6 heteroatoms. The first-order valence-corrected chi connectivity index (χ1v) is 9.26. The van der Waals surface area contributed by atoms with Gasteiger partial charge in [0.05, 0.1) is 12.4 Å². The highest BCUT2D eigenvalue weighted by molar-refractivity contribution is 7.98. The van der Waals surface area contributed by atoms with E-state index in [9.17, 15) is 4.79 Å². The number of anilines is 1. The number of thioether (sulfide) groups is 1. The third kappa shape index (κ3) is 4.26. The van der Waals surface area contributed by atoms with Gasteiger partial charge in [-0.2, -0.15) is 0 Å². The van der Waals surface area contributed by atoms with Gasteiger partial charge in [0.15, 0.2) is 0 Å². The van der Waals surface area contributed by atoms with Gasteiger partial charge < -0.3 is 9.80 Å². The number of benzene rings is 1. The molecule has 0 aliphatic carbocycles. The van der Waals surface area contributed by atoms with Gasteiger partial charge in [0.2, 0.25) is 5.91 Å². The summed E-state index contributed by atoms with van der Waals surface area (Å²) in [6.07, 6.45) is 4.20. The van der Waals surface area contributed by atoms with Gasteiger partial charge in [0, 0.05) is 38.4 Å². The molecule has 1 aliphatic rings. The molecule has 1 aliphatic heterocycles. The number of hydrogen-bond donors (Lipinski definition) is 0. The first-order chi connectivity index (χ1) is 11.8. The van der Waals surface area contributed by atoms with Crippen LogP contribution in [0.1, 0.15) is 18.9 Å². The zero-order valence-electron chi connectivity index (χ0n) is 13.9. The number of piperazine rings is 1. The fourth-order valence-corrected chi connectivity index (χ4v) is 3.50. The van der Waals surface area contributed by atoms with E-state index < -0.39 is 0 Å². The molecule has 3 rings (SSSR count). The first kappa shape index (κ1) is 16.8. The number of hydrogen-bond acceptors (Lipinski definition) is 5. The zero-order valence-corrected chi connectivity index (χ0v) is 14.7. The number of nitrogens with zero attached hydrogens (tertiary/aromatic N) is 4. The van der Waals surface area contributed by atoms with E-state index in [1.54, 1.807) is 11.8 Å². The van der Waals surface area contributed by atoms with Crippen LogP contribution in [0.15, 0.2) is 47.8 Å². The average molecular weight is 342 g/mol. The molecule has 0 saturated carbocycles. The number of aromatic nitrogens is 2. The first-order valence-electron chi connectivity index (χ1n) is 8.27. The third-order valence-electron chi connectivity index (χ3n) is 4.09. The monoisotopic (exact) mass is 342 g/mol. The van der Waals surface area contributed by atoms with Crippen molar-refractivity contribution in [3.05, 3.63) is 48.3 Å². The molecular formula is C18H22N4OS. The van der Waals surface area contributed by atoms with Gasteiger partial charge in [0.25, 0.3) is 0 Å². The Morgan fingerprint density at radius 1 is 1.12 bits per heavy atom. The molecule has 1 aromatic heterocycles. The molecule has 2 heterocycles. The molecule has 1 fully saturated rings. The highest BCUT2D eigenvalue weighted by Gasteiger charge is 2.21. The topological polar surface area (TPSA) is 49.3 Å². The molecule has 0 N–H and O–H groups in total. The van der Waals surface area contributed by atoms with Gasteiger partial charge in [-0.05, 0) is 5.56 Å². The van der Waals surface area contributed by atoms with Gasteiger partial charge >= 0.3 is 0 Å². The Hall–Kier alpha value is -2.08. The summed E-state index contributed by atoms with van der Waals surface area (Å²) in [6.45, 7) is 5.06. The van der Waals surface area contributed by atoms with E-state index in [2.05, 4.69) is 34.1 Å². The van der Waals surface area contributed by atoms with E-state index in [1.807, 2.05) is 30.3 Å². The van der Waals surface area contributed by atoms with E-state index in [-0.39, 0.29) is 5.91 Å². The minimum Gasteiger partial charge on any atom is -0.352 e. The van der Waals surface area contributed by atoms with Crippen molar-refractivity contribution in [1.29, 1.82) is 0 Å². The lowest BCUT2D eigenvalue weighted by Crippen LogP contribution is -2.48. The Kier molecular flexibility index (Phi) is 5.69. The molecule has 0 radical (unpaired) electrons. The molecule has 1 aromatic carbocycles. The quantitative estimate of drug-likeness (QED) is 0.782. The smallest absolute Gasteiger partial charge is 0.222 e. The maximum Gasteiger partial charge on any atom is 0.222 e. The van der Waals surface area contributed by atoms with Crippen LogP contribution >= 0.6 is 11.8 Å². The number of rotatable bonds is 5. The van der Waals surface area contributed by atoms with E-state index in [0.29, 0.717) is 6.42 Å². The van der Waals surface area contributed by atoms with Crippen molar-refractivity contribution < 1.29 is 4.79 Å².